The summed E-state index contributed by atoms with van der Waals surface area (Å²) in [6.45, 7) is 0. The van der Waals surface area contributed by atoms with Crippen molar-refractivity contribution in [3.63, 3.8) is 0 Å². The fourth-order valence-corrected chi connectivity index (χ4v) is 3.46. The maximum absolute atomic E-state index is 13.1. The van der Waals surface area contributed by atoms with E-state index in [2.05, 4.69) is 10.5 Å². The van der Waals surface area contributed by atoms with Crippen LogP contribution in [0.4, 0.5) is 0 Å². The summed E-state index contributed by atoms with van der Waals surface area (Å²) in [6.07, 6.45) is -0.000650. The van der Waals surface area contributed by atoms with Crippen molar-refractivity contribution in [3.05, 3.63) is 83.9 Å². The Morgan fingerprint density at radius 2 is 1.75 bits per heavy atom. The molecule has 1 unspecified atom stereocenters. The van der Waals surface area contributed by atoms with E-state index < -0.39 is 12.0 Å². The predicted octanol–water partition coefficient (Wildman–Crippen LogP) is 4.54. The number of amides is 1. The third kappa shape index (κ3) is 4.46. The van der Waals surface area contributed by atoms with Gasteiger partial charge in [-0.15, -0.1) is 0 Å². The molecule has 0 radical (unpaired) electrons. The monoisotopic (exact) mass is 430 g/mol. The Hall–Kier alpha value is -4.13. The molecule has 162 valence electrons. The number of carbonyl (C=O) groups excluding carboxylic acids is 2. The Kier molecular flexibility index (Phi) is 6.17. The van der Waals surface area contributed by atoms with Crippen LogP contribution in [0.5, 0.6) is 5.75 Å². The number of benzene rings is 3. The summed E-state index contributed by atoms with van der Waals surface area (Å²) in [7, 11) is 2.90. The molecule has 32 heavy (non-hydrogen) atoms. The van der Waals surface area contributed by atoms with Crippen LogP contribution < -0.4 is 10.1 Å². The fraction of sp³-hybridized carbons (Fsp3) is 0.160. The topological polar surface area (TPSA) is 90.7 Å². The first-order chi connectivity index (χ1) is 15.6. The van der Waals surface area contributed by atoms with Gasteiger partial charge >= 0.3 is 5.97 Å². The highest BCUT2D eigenvalue weighted by Crippen LogP contribution is 2.29. The Morgan fingerprint density at radius 1 is 1.00 bits per heavy atom. The third-order valence-corrected chi connectivity index (χ3v) is 5.20. The average molecular weight is 430 g/mol. The number of hydrogen-bond donors (Lipinski definition) is 1. The second kappa shape index (κ2) is 9.34. The van der Waals surface area contributed by atoms with Gasteiger partial charge in [-0.25, -0.2) is 0 Å². The van der Waals surface area contributed by atoms with Gasteiger partial charge in [0.15, 0.2) is 5.76 Å². The van der Waals surface area contributed by atoms with Crippen LogP contribution in [0, 0.1) is 0 Å². The number of nitrogens with zero attached hydrogens (tertiary/aromatic N) is 1. The lowest BCUT2D eigenvalue weighted by atomic mass is 10.0. The smallest absolute Gasteiger partial charge is 0.307 e. The van der Waals surface area contributed by atoms with Crippen LogP contribution in [0.25, 0.3) is 22.2 Å². The largest absolute Gasteiger partial charge is 0.497 e. The Bertz CT molecular complexity index is 1230. The molecule has 0 saturated heterocycles. The highest BCUT2D eigenvalue weighted by Gasteiger charge is 2.21. The molecule has 4 rings (SSSR count). The van der Waals surface area contributed by atoms with Crippen LogP contribution in [0.2, 0.25) is 0 Å². The summed E-state index contributed by atoms with van der Waals surface area (Å²) in [5, 5.41) is 7.76. The average Bonchev–Trinajstić information content (AvgIpc) is 3.27. The summed E-state index contributed by atoms with van der Waals surface area (Å²) in [4.78, 5) is 25.1. The summed E-state index contributed by atoms with van der Waals surface area (Å²) in [6, 6.07) is 21.3. The summed E-state index contributed by atoms with van der Waals surface area (Å²) < 4.78 is 15.5. The first-order valence-electron chi connectivity index (χ1n) is 10.1. The minimum Gasteiger partial charge on any atom is -0.497 e. The zero-order valence-corrected chi connectivity index (χ0v) is 17.7. The Balaban J connectivity index is 1.63. The van der Waals surface area contributed by atoms with Gasteiger partial charge in [0.25, 0.3) is 5.91 Å². The minimum absolute atomic E-state index is 0.000650. The van der Waals surface area contributed by atoms with Gasteiger partial charge in [0.05, 0.1) is 32.1 Å². The normalized spacial score (nSPS) is 11.7. The Morgan fingerprint density at radius 3 is 2.44 bits per heavy atom. The van der Waals surface area contributed by atoms with Gasteiger partial charge in [0.2, 0.25) is 0 Å². The zero-order valence-electron chi connectivity index (χ0n) is 17.7. The number of aromatic nitrogens is 1. The predicted molar refractivity (Wildman–Crippen MR) is 119 cm³/mol. The number of esters is 1. The van der Waals surface area contributed by atoms with E-state index in [0.29, 0.717) is 22.6 Å². The van der Waals surface area contributed by atoms with E-state index in [-0.39, 0.29) is 12.3 Å². The van der Waals surface area contributed by atoms with Crippen LogP contribution >= 0.6 is 0 Å². The molecule has 0 spiro atoms. The lowest BCUT2D eigenvalue weighted by molar-refractivity contribution is -0.141. The van der Waals surface area contributed by atoms with E-state index in [1.54, 1.807) is 37.4 Å². The van der Waals surface area contributed by atoms with Crippen molar-refractivity contribution in [2.75, 3.05) is 14.2 Å². The van der Waals surface area contributed by atoms with Crippen molar-refractivity contribution < 1.29 is 23.6 Å². The number of ether oxygens (including phenoxy) is 2. The fourth-order valence-electron chi connectivity index (χ4n) is 3.46. The molecule has 0 saturated carbocycles. The van der Waals surface area contributed by atoms with Crippen molar-refractivity contribution in [1.29, 1.82) is 0 Å². The van der Waals surface area contributed by atoms with Gasteiger partial charge in [-0.2, -0.15) is 0 Å². The SMILES string of the molecule is COC(=O)CC(NC(=O)c1ccc2noc(-c3ccccc3)c2c1)c1ccc(OC)cc1. The molecule has 1 amide bonds. The lowest BCUT2D eigenvalue weighted by Gasteiger charge is -2.18. The third-order valence-electron chi connectivity index (χ3n) is 5.20. The number of hydrogen-bond acceptors (Lipinski definition) is 6. The quantitative estimate of drug-likeness (QED) is 0.433. The maximum Gasteiger partial charge on any atom is 0.307 e. The number of nitrogens with one attached hydrogen (secondary N) is 1. The van der Waals surface area contributed by atoms with Gasteiger partial charge < -0.3 is 19.3 Å². The first kappa shape index (κ1) is 21.1. The van der Waals surface area contributed by atoms with Gasteiger partial charge in [-0.1, -0.05) is 47.6 Å². The lowest BCUT2D eigenvalue weighted by Crippen LogP contribution is -2.30. The molecule has 7 heteroatoms. The molecule has 1 N–H and O–H groups in total. The molecule has 1 heterocycles. The van der Waals surface area contributed by atoms with E-state index in [1.165, 1.54) is 7.11 Å². The van der Waals surface area contributed by atoms with Crippen molar-refractivity contribution in [2.24, 2.45) is 0 Å². The van der Waals surface area contributed by atoms with Crippen LogP contribution in [-0.2, 0) is 9.53 Å². The van der Waals surface area contributed by atoms with Gasteiger partial charge in [-0.05, 0) is 35.9 Å². The van der Waals surface area contributed by atoms with Crippen LogP contribution in [0.3, 0.4) is 0 Å². The maximum atomic E-state index is 13.1. The van der Waals surface area contributed by atoms with Gasteiger partial charge in [0, 0.05) is 11.1 Å². The van der Waals surface area contributed by atoms with E-state index in [9.17, 15) is 9.59 Å². The molecule has 0 aliphatic heterocycles. The molecule has 7 nitrogen and oxygen atoms in total. The van der Waals surface area contributed by atoms with E-state index in [1.807, 2.05) is 42.5 Å². The van der Waals surface area contributed by atoms with Crippen molar-refractivity contribution >= 4 is 22.8 Å². The molecule has 0 aliphatic rings. The van der Waals surface area contributed by atoms with Crippen molar-refractivity contribution in [3.8, 4) is 17.1 Å². The van der Waals surface area contributed by atoms with E-state index in [4.69, 9.17) is 14.0 Å². The first-order valence-corrected chi connectivity index (χ1v) is 10.1. The van der Waals surface area contributed by atoms with Gasteiger partial charge in [-0.3, -0.25) is 9.59 Å². The number of fused-ring (bicyclic) bond motifs is 1. The molecular formula is C25H22N2O5. The van der Waals surface area contributed by atoms with Crippen LogP contribution in [0.1, 0.15) is 28.4 Å². The second-order valence-corrected chi connectivity index (χ2v) is 7.19. The molecular weight excluding hydrogens is 408 g/mol. The van der Waals surface area contributed by atoms with Crippen molar-refractivity contribution in [2.45, 2.75) is 12.5 Å². The standard InChI is InChI=1S/C25H22N2O5/c1-30-19-11-8-16(9-12-19)22(15-23(28)31-2)26-25(29)18-10-13-21-20(14-18)24(32-27-21)17-6-4-3-5-7-17/h3-14,22H,15H2,1-2H3,(H,26,29). The summed E-state index contributed by atoms with van der Waals surface area (Å²) in [5.41, 5.74) is 2.72. The highest BCUT2D eigenvalue weighted by molar-refractivity contribution is 6.01. The summed E-state index contributed by atoms with van der Waals surface area (Å²) >= 11 is 0. The van der Waals surface area contributed by atoms with E-state index in [0.717, 1.165) is 16.5 Å². The molecule has 0 aliphatic carbocycles. The molecule has 3 aromatic carbocycles. The highest BCUT2D eigenvalue weighted by atomic mass is 16.5. The molecule has 1 atom stereocenters. The molecule has 0 fully saturated rings. The minimum atomic E-state index is -0.562. The zero-order chi connectivity index (χ0) is 22.5. The second-order valence-electron chi connectivity index (χ2n) is 7.19. The molecule has 4 aromatic rings. The van der Waals surface area contributed by atoms with Gasteiger partial charge in [0.1, 0.15) is 11.3 Å². The number of methoxy groups -OCH3 is 2. The molecule has 1 aromatic heterocycles. The summed E-state index contributed by atoms with van der Waals surface area (Å²) in [5.74, 6) is 0.531. The van der Waals surface area contributed by atoms with E-state index >= 15 is 0 Å². The molecule has 0 bridgehead atoms. The Labute approximate surface area is 184 Å². The number of rotatable bonds is 7. The van der Waals surface area contributed by atoms with Crippen molar-refractivity contribution in [1.82, 2.24) is 10.5 Å². The van der Waals surface area contributed by atoms with Crippen LogP contribution in [-0.4, -0.2) is 31.3 Å². The number of carbonyl (C=O) groups is 2. The van der Waals surface area contributed by atoms with Crippen LogP contribution in [0.15, 0.2) is 77.3 Å².